The fourth-order valence-electron chi connectivity index (χ4n) is 15.4. The van der Waals surface area contributed by atoms with Gasteiger partial charge < -0.3 is 4.90 Å². The van der Waals surface area contributed by atoms with E-state index in [1.165, 1.54) is 161 Å². The van der Waals surface area contributed by atoms with Gasteiger partial charge in [0.05, 0.1) is 0 Å². The molecule has 16 aromatic carbocycles. The molecule has 0 aliphatic carbocycles. The lowest BCUT2D eigenvalue weighted by atomic mass is 9.86. The van der Waals surface area contributed by atoms with Crippen LogP contribution in [0.15, 0.2) is 328 Å². The van der Waals surface area contributed by atoms with Gasteiger partial charge in [0.1, 0.15) is 0 Å². The summed E-state index contributed by atoms with van der Waals surface area (Å²) in [5.74, 6) is 0. The van der Waals surface area contributed by atoms with Crippen LogP contribution < -0.4 is 4.90 Å². The predicted molar refractivity (Wildman–Crippen MR) is 410 cm³/mol. The van der Waals surface area contributed by atoms with E-state index in [4.69, 9.17) is 6.58 Å². The molecule has 19 rings (SSSR count). The number of rotatable bonds is 7. The highest BCUT2D eigenvalue weighted by atomic mass is 32.1. The van der Waals surface area contributed by atoms with Crippen LogP contribution in [0.5, 0.6) is 0 Å². The van der Waals surface area contributed by atoms with Crippen molar-refractivity contribution in [2.24, 2.45) is 0 Å². The molecule has 2 aromatic heterocycles. The highest BCUT2D eigenvalue weighted by Crippen LogP contribution is 2.50. The first-order valence-corrected chi connectivity index (χ1v) is 34.0. The van der Waals surface area contributed by atoms with Gasteiger partial charge in [0.2, 0.25) is 0 Å². The van der Waals surface area contributed by atoms with Crippen LogP contribution in [0.2, 0.25) is 0 Å². The van der Waals surface area contributed by atoms with E-state index in [9.17, 15) is 0 Å². The molecule has 1 nitrogen and oxygen atoms in total. The molecule has 1 aliphatic rings. The lowest BCUT2D eigenvalue weighted by Gasteiger charge is -2.27. The molecule has 0 N–H and O–H groups in total. The maximum absolute atomic E-state index is 5.05. The molecule has 0 radical (unpaired) electrons. The molecule has 3 heterocycles. The minimum atomic E-state index is 0.636. The second-order valence-electron chi connectivity index (χ2n) is 25.0. The van der Waals surface area contributed by atoms with Gasteiger partial charge in [-0.2, -0.15) is 0 Å². The standard InChI is InChI=1S/C91H57NS2/c1-56-52-61(72-29-13-33-80-81-34-14-30-73(89(81)93-88(72)80)64-43-48-70-62(53-64)39-37-57-18-5-7-23-68(57)70)22-17-51-92(67-46-41-60(42-47-67)87-78-27-11-9-25-76(78)86(59-20-3-2-4-21-59)77-26-10-12-28-79(77)87)85-50-45-66(55-84(56)85)75-32-16-36-83-82-35-15-31-74(90(82)94-91(75)83)65-44-49-71-63(54-65)40-38-58-19-6-8-24-69(58)71/h2-50,52-55H,1,51H2/b22-17-,61-52+. The molecule has 0 bridgehead atoms. The van der Waals surface area contributed by atoms with Gasteiger partial charge in [-0.15, -0.1) is 22.7 Å². The van der Waals surface area contributed by atoms with Crippen molar-refractivity contribution >= 4 is 150 Å². The van der Waals surface area contributed by atoms with Gasteiger partial charge in [-0.05, 0) is 179 Å². The Bertz CT molecular complexity index is 6220. The van der Waals surface area contributed by atoms with Crippen LogP contribution in [0, 0.1) is 0 Å². The van der Waals surface area contributed by atoms with Crippen LogP contribution in [0.3, 0.4) is 0 Å². The number of fused-ring (bicyclic) bond motifs is 15. The minimum Gasteiger partial charge on any atom is -0.337 e. The third-order valence-corrected chi connectivity index (χ3v) is 22.4. The quantitative estimate of drug-likeness (QED) is 0.114. The van der Waals surface area contributed by atoms with Gasteiger partial charge in [0.15, 0.2) is 0 Å². The Kier molecular flexibility index (Phi) is 12.6. The molecule has 438 valence electrons. The Morgan fingerprint density at radius 2 is 0.660 bits per heavy atom. The molecule has 3 heteroatoms. The van der Waals surface area contributed by atoms with Gasteiger partial charge in [0.25, 0.3) is 0 Å². The van der Waals surface area contributed by atoms with Gasteiger partial charge in [-0.1, -0.05) is 286 Å². The van der Waals surface area contributed by atoms with Gasteiger partial charge in [-0.3, -0.25) is 0 Å². The van der Waals surface area contributed by atoms with Crippen molar-refractivity contribution in [3.63, 3.8) is 0 Å². The zero-order valence-corrected chi connectivity index (χ0v) is 52.9. The number of anilines is 2. The van der Waals surface area contributed by atoms with E-state index in [0.717, 1.165) is 33.6 Å². The van der Waals surface area contributed by atoms with Gasteiger partial charge >= 0.3 is 0 Å². The van der Waals surface area contributed by atoms with Crippen LogP contribution in [0.4, 0.5) is 11.4 Å². The fraction of sp³-hybridized carbons (Fsp3) is 0.0110. The summed E-state index contributed by atoms with van der Waals surface area (Å²) in [6, 6.07) is 113. The van der Waals surface area contributed by atoms with E-state index in [1.807, 2.05) is 22.7 Å². The highest BCUT2D eigenvalue weighted by Gasteiger charge is 2.23. The molecule has 0 saturated heterocycles. The van der Waals surface area contributed by atoms with E-state index >= 15 is 0 Å². The average molecular weight is 1230 g/mol. The van der Waals surface area contributed by atoms with E-state index in [0.29, 0.717) is 6.54 Å². The molecular weight excluding hydrogens is 1170 g/mol. The zero-order chi connectivity index (χ0) is 62.0. The first kappa shape index (κ1) is 54.3. The van der Waals surface area contributed by atoms with Gasteiger partial charge in [0, 0.05) is 63.8 Å². The highest BCUT2D eigenvalue weighted by molar-refractivity contribution is 7.27. The molecule has 1 aliphatic heterocycles. The maximum Gasteiger partial charge on any atom is 0.0493 e. The summed E-state index contributed by atoms with van der Waals surface area (Å²) in [4.78, 5) is 2.48. The summed E-state index contributed by atoms with van der Waals surface area (Å²) >= 11 is 3.81. The Morgan fingerprint density at radius 3 is 1.17 bits per heavy atom. The fourth-order valence-corrected chi connectivity index (χ4v) is 18.1. The summed E-state index contributed by atoms with van der Waals surface area (Å²) in [6.07, 6.45) is 7.03. The number of thiophene rings is 2. The van der Waals surface area contributed by atoms with Crippen molar-refractivity contribution in [3.8, 4) is 55.6 Å². The zero-order valence-electron chi connectivity index (χ0n) is 51.3. The number of hydrogen-bond acceptors (Lipinski definition) is 3. The van der Waals surface area contributed by atoms with E-state index in [1.54, 1.807) is 0 Å². The minimum absolute atomic E-state index is 0.636. The third-order valence-electron chi connectivity index (χ3n) is 19.8. The molecular formula is C91H57NS2. The Balaban J connectivity index is 0.754. The summed E-state index contributed by atoms with van der Waals surface area (Å²) < 4.78 is 5.14. The van der Waals surface area contributed by atoms with E-state index < -0.39 is 0 Å². The van der Waals surface area contributed by atoms with Crippen molar-refractivity contribution in [2.75, 3.05) is 11.4 Å². The van der Waals surface area contributed by atoms with Crippen LogP contribution in [0.25, 0.3) is 172 Å². The third kappa shape index (κ3) is 8.73. The van der Waals surface area contributed by atoms with Crippen molar-refractivity contribution in [1.29, 1.82) is 0 Å². The van der Waals surface area contributed by atoms with Gasteiger partial charge in [-0.25, -0.2) is 0 Å². The second-order valence-corrected chi connectivity index (χ2v) is 27.0. The first-order chi connectivity index (χ1) is 46.5. The lowest BCUT2D eigenvalue weighted by molar-refractivity contribution is 1.09. The van der Waals surface area contributed by atoms with Crippen LogP contribution in [0.1, 0.15) is 11.1 Å². The average Bonchev–Trinajstić information content (AvgIpc) is 1.51. The number of benzene rings is 16. The summed E-state index contributed by atoms with van der Waals surface area (Å²) in [5.41, 5.74) is 18.9. The molecule has 18 aromatic rings. The maximum atomic E-state index is 5.05. The summed E-state index contributed by atoms with van der Waals surface area (Å²) in [6.45, 7) is 5.68. The molecule has 0 spiro atoms. The topological polar surface area (TPSA) is 3.24 Å². The molecule has 0 unspecified atom stereocenters. The lowest BCUT2D eigenvalue weighted by Crippen LogP contribution is -2.18. The van der Waals surface area contributed by atoms with Crippen molar-refractivity contribution in [1.82, 2.24) is 0 Å². The first-order valence-electron chi connectivity index (χ1n) is 32.3. The van der Waals surface area contributed by atoms with Crippen LogP contribution in [-0.2, 0) is 0 Å². The second kappa shape index (κ2) is 21.9. The van der Waals surface area contributed by atoms with Crippen molar-refractivity contribution in [3.05, 3.63) is 339 Å². The smallest absolute Gasteiger partial charge is 0.0493 e. The molecule has 0 saturated carbocycles. The van der Waals surface area contributed by atoms with E-state index in [2.05, 4.69) is 326 Å². The monoisotopic (exact) mass is 1230 g/mol. The number of hydrogen-bond donors (Lipinski definition) is 0. The predicted octanol–water partition coefficient (Wildman–Crippen LogP) is 26.5. The summed E-state index contributed by atoms with van der Waals surface area (Å²) in [7, 11) is 0. The molecule has 0 atom stereocenters. The van der Waals surface area contributed by atoms with Crippen molar-refractivity contribution < 1.29 is 0 Å². The van der Waals surface area contributed by atoms with E-state index in [-0.39, 0.29) is 0 Å². The number of allylic oxidation sites excluding steroid dienone is 4. The Morgan fingerprint density at radius 1 is 0.277 bits per heavy atom. The summed E-state index contributed by atoms with van der Waals surface area (Å²) in [5, 5.41) is 20.2. The van der Waals surface area contributed by atoms with Crippen molar-refractivity contribution in [2.45, 2.75) is 0 Å². The Hall–Kier alpha value is -11.5. The largest absolute Gasteiger partial charge is 0.337 e. The normalized spacial score (nSPS) is 13.8. The van der Waals surface area contributed by atoms with Crippen LogP contribution in [-0.4, -0.2) is 6.54 Å². The number of nitrogens with zero attached hydrogens (tertiary/aromatic N) is 1. The SMILES string of the molecule is C=C1/C=C(c2cccc3c2sc2c(-c4ccc5c(ccc6ccccc65)c4)cccc23)\C=C/CN(c2ccc(-c3c4ccccc4c(-c4ccccc4)c4ccccc34)cc2)c2ccc(-c3cccc4c3sc3c(-c5ccc6c(ccc7ccccc76)c5)cccc34)cc21. The molecule has 94 heavy (non-hydrogen) atoms. The molecule has 0 amide bonds. The van der Waals surface area contributed by atoms with Crippen LogP contribution >= 0.6 is 22.7 Å². The molecule has 0 fully saturated rings. The Labute approximate surface area is 552 Å².